The molecule has 0 saturated carbocycles. The topological polar surface area (TPSA) is 70.2 Å². The smallest absolute Gasteiger partial charge is 0.416 e. The second-order valence-electron chi connectivity index (χ2n) is 6.95. The number of benzene rings is 1. The highest BCUT2D eigenvalue weighted by Gasteiger charge is 2.43. The highest BCUT2D eigenvalue weighted by Crippen LogP contribution is 2.41. The van der Waals surface area contributed by atoms with E-state index in [0.717, 1.165) is 10.4 Å². The third-order valence-electron chi connectivity index (χ3n) is 5.22. The van der Waals surface area contributed by atoms with Gasteiger partial charge in [0.15, 0.2) is 0 Å². The minimum atomic E-state index is -4.56. The Kier molecular flexibility index (Phi) is 6.39. The maximum absolute atomic E-state index is 13.4. The fourth-order valence-electron chi connectivity index (χ4n) is 3.84. The van der Waals surface area contributed by atoms with Gasteiger partial charge < -0.3 is 9.64 Å². The van der Waals surface area contributed by atoms with Gasteiger partial charge in [-0.15, -0.1) is 0 Å². The van der Waals surface area contributed by atoms with E-state index in [1.54, 1.807) is 6.92 Å². The Morgan fingerprint density at radius 2 is 1.79 bits per heavy atom. The van der Waals surface area contributed by atoms with Crippen molar-refractivity contribution in [2.24, 2.45) is 0 Å². The van der Waals surface area contributed by atoms with Crippen molar-refractivity contribution in [3.63, 3.8) is 0 Å². The van der Waals surface area contributed by atoms with Gasteiger partial charge in [0.2, 0.25) is 0 Å². The number of amides is 1. The van der Waals surface area contributed by atoms with E-state index in [1.807, 2.05) is 0 Å². The molecule has 2 aliphatic heterocycles. The van der Waals surface area contributed by atoms with Crippen molar-refractivity contribution in [2.75, 3.05) is 39.3 Å². The average Bonchev–Trinajstić information content (AvgIpc) is 3.18. The van der Waals surface area contributed by atoms with E-state index in [2.05, 4.69) is 0 Å². The van der Waals surface area contributed by atoms with Crippen LogP contribution in [0.2, 0.25) is 0 Å². The number of alkyl halides is 3. The van der Waals surface area contributed by atoms with Crippen LogP contribution in [0.5, 0.6) is 0 Å². The minimum Gasteiger partial charge on any atom is -0.450 e. The summed E-state index contributed by atoms with van der Waals surface area (Å²) in [5, 5.41) is 0. The van der Waals surface area contributed by atoms with Crippen LogP contribution < -0.4 is 0 Å². The molecule has 2 fully saturated rings. The molecule has 162 valence electrons. The normalized spacial score (nSPS) is 22.1. The summed E-state index contributed by atoms with van der Waals surface area (Å²) >= 11 is 0. The molecule has 11 heteroatoms. The molecule has 0 N–H and O–H groups in total. The summed E-state index contributed by atoms with van der Waals surface area (Å²) in [6, 6.07) is 4.26. The van der Waals surface area contributed by atoms with Crippen LogP contribution in [0.3, 0.4) is 0 Å². The standard InChI is InChI=1S/C18H24F3N3O4S/c1-2-28-17(25)22-10-12-23(13-11-22)29(26,27)24-9-5-8-16(24)14-6-3-4-7-15(14)18(19,20)21/h3-4,6-7,16H,2,5,8-13H2,1H3. The lowest BCUT2D eigenvalue weighted by molar-refractivity contribution is -0.138. The third-order valence-corrected chi connectivity index (χ3v) is 7.26. The first-order valence-corrected chi connectivity index (χ1v) is 10.9. The molecule has 1 aromatic rings. The van der Waals surface area contributed by atoms with Crippen molar-refractivity contribution in [3.8, 4) is 0 Å². The Labute approximate surface area is 168 Å². The van der Waals surface area contributed by atoms with Gasteiger partial charge >= 0.3 is 12.3 Å². The van der Waals surface area contributed by atoms with Gasteiger partial charge in [-0.1, -0.05) is 18.2 Å². The first-order chi connectivity index (χ1) is 13.7. The summed E-state index contributed by atoms with van der Waals surface area (Å²) in [7, 11) is -3.96. The molecule has 0 aliphatic carbocycles. The lowest BCUT2D eigenvalue weighted by atomic mass is 9.99. The first-order valence-electron chi connectivity index (χ1n) is 9.51. The van der Waals surface area contributed by atoms with Crippen molar-refractivity contribution in [1.29, 1.82) is 0 Å². The van der Waals surface area contributed by atoms with Crippen molar-refractivity contribution in [3.05, 3.63) is 35.4 Å². The zero-order chi connectivity index (χ0) is 21.2. The van der Waals surface area contributed by atoms with Crippen LogP contribution in [0.4, 0.5) is 18.0 Å². The molecule has 7 nitrogen and oxygen atoms in total. The number of carbonyl (C=O) groups is 1. The van der Waals surface area contributed by atoms with E-state index in [4.69, 9.17) is 4.74 Å². The summed E-state index contributed by atoms with van der Waals surface area (Å²) in [5.74, 6) is 0. The molecule has 2 saturated heterocycles. The lowest BCUT2D eigenvalue weighted by Crippen LogP contribution is -2.54. The van der Waals surface area contributed by atoms with Crippen LogP contribution in [-0.4, -0.2) is 67.4 Å². The number of hydrogen-bond donors (Lipinski definition) is 0. The number of rotatable bonds is 4. The van der Waals surface area contributed by atoms with Gasteiger partial charge in [0.1, 0.15) is 0 Å². The average molecular weight is 435 g/mol. The Morgan fingerprint density at radius 3 is 2.41 bits per heavy atom. The number of ether oxygens (including phenoxy) is 1. The lowest BCUT2D eigenvalue weighted by Gasteiger charge is -2.37. The minimum absolute atomic E-state index is 0.0220. The van der Waals surface area contributed by atoms with Gasteiger partial charge in [-0.3, -0.25) is 0 Å². The van der Waals surface area contributed by atoms with Gasteiger partial charge in [-0.05, 0) is 31.4 Å². The molecule has 2 heterocycles. The van der Waals surface area contributed by atoms with E-state index in [-0.39, 0.29) is 44.9 Å². The molecular formula is C18H24F3N3O4S. The zero-order valence-electron chi connectivity index (χ0n) is 16.1. The molecule has 29 heavy (non-hydrogen) atoms. The highest BCUT2D eigenvalue weighted by molar-refractivity contribution is 7.86. The molecule has 0 bridgehead atoms. The van der Waals surface area contributed by atoms with Gasteiger partial charge in [-0.2, -0.15) is 30.2 Å². The monoisotopic (exact) mass is 435 g/mol. The van der Waals surface area contributed by atoms with E-state index < -0.39 is 34.1 Å². The molecule has 1 atom stereocenters. The van der Waals surface area contributed by atoms with Crippen molar-refractivity contribution < 1.29 is 31.1 Å². The van der Waals surface area contributed by atoms with Gasteiger partial charge in [0.25, 0.3) is 10.2 Å². The molecule has 1 amide bonds. The van der Waals surface area contributed by atoms with E-state index in [9.17, 15) is 26.4 Å². The predicted molar refractivity (Wildman–Crippen MR) is 99.2 cm³/mol. The third kappa shape index (κ3) is 4.51. The number of piperazine rings is 1. The Bertz CT molecular complexity index is 839. The number of carbonyl (C=O) groups excluding carboxylic acids is 1. The number of nitrogens with zero attached hydrogens (tertiary/aromatic N) is 3. The molecule has 1 unspecified atom stereocenters. The second-order valence-corrected chi connectivity index (χ2v) is 8.83. The molecule has 3 rings (SSSR count). The molecular weight excluding hydrogens is 411 g/mol. The largest absolute Gasteiger partial charge is 0.450 e. The van der Waals surface area contributed by atoms with Crippen molar-refractivity contribution in [2.45, 2.75) is 32.0 Å². The van der Waals surface area contributed by atoms with Crippen LogP contribution in [0.15, 0.2) is 24.3 Å². The summed E-state index contributed by atoms with van der Waals surface area (Å²) < 4.78 is 74.0. The van der Waals surface area contributed by atoms with Crippen LogP contribution in [0, 0.1) is 0 Å². The van der Waals surface area contributed by atoms with E-state index >= 15 is 0 Å². The summed E-state index contributed by atoms with van der Waals surface area (Å²) in [5.41, 5.74) is -0.828. The second kappa shape index (κ2) is 8.49. The van der Waals surface area contributed by atoms with Crippen LogP contribution >= 0.6 is 0 Å². The summed E-state index contributed by atoms with van der Waals surface area (Å²) in [6.07, 6.45) is -4.24. The molecule has 0 spiro atoms. The molecule has 0 radical (unpaired) electrons. The first kappa shape index (κ1) is 21.8. The SMILES string of the molecule is CCOC(=O)N1CCN(S(=O)(=O)N2CCCC2c2ccccc2C(F)(F)F)CC1. The molecule has 2 aliphatic rings. The van der Waals surface area contributed by atoms with Crippen LogP contribution in [-0.2, 0) is 21.1 Å². The summed E-state index contributed by atoms with van der Waals surface area (Å²) in [6.45, 7) is 2.58. The van der Waals surface area contributed by atoms with Crippen molar-refractivity contribution >= 4 is 16.3 Å². The quantitative estimate of drug-likeness (QED) is 0.729. The van der Waals surface area contributed by atoms with E-state index in [0.29, 0.717) is 12.8 Å². The maximum atomic E-state index is 13.4. The van der Waals surface area contributed by atoms with Crippen molar-refractivity contribution in [1.82, 2.24) is 13.5 Å². The summed E-state index contributed by atoms with van der Waals surface area (Å²) in [4.78, 5) is 13.2. The molecule has 0 aromatic heterocycles. The van der Waals surface area contributed by atoms with Crippen LogP contribution in [0.1, 0.15) is 36.9 Å². The zero-order valence-corrected chi connectivity index (χ0v) is 16.9. The van der Waals surface area contributed by atoms with Crippen LogP contribution in [0.25, 0.3) is 0 Å². The Morgan fingerprint density at radius 1 is 1.14 bits per heavy atom. The van der Waals surface area contributed by atoms with Gasteiger partial charge in [0.05, 0.1) is 18.2 Å². The fraction of sp³-hybridized carbons (Fsp3) is 0.611. The van der Waals surface area contributed by atoms with Gasteiger partial charge in [0, 0.05) is 32.7 Å². The highest BCUT2D eigenvalue weighted by atomic mass is 32.2. The number of halogens is 3. The van der Waals surface area contributed by atoms with E-state index in [1.165, 1.54) is 27.4 Å². The Hall–Kier alpha value is -1.85. The predicted octanol–water partition coefficient (Wildman–Crippen LogP) is 2.86. The van der Waals surface area contributed by atoms with Gasteiger partial charge in [-0.25, -0.2) is 4.79 Å². The molecule has 1 aromatic carbocycles. The number of hydrogen-bond acceptors (Lipinski definition) is 4. The fourth-order valence-corrected chi connectivity index (χ4v) is 5.66. The Balaban J connectivity index is 1.79. The maximum Gasteiger partial charge on any atom is 0.416 e.